The average molecular weight is 278 g/mol. The third kappa shape index (κ3) is 2.96. The van der Waals surface area contributed by atoms with Crippen LogP contribution in [-0.2, 0) is 14.9 Å². The molecular formula is C16H22O4. The van der Waals surface area contributed by atoms with E-state index in [-0.39, 0.29) is 12.0 Å². The quantitative estimate of drug-likeness (QED) is 0.920. The Kier molecular flexibility index (Phi) is 4.04. The maximum atomic E-state index is 11.4. The molecule has 1 fully saturated rings. The summed E-state index contributed by atoms with van der Waals surface area (Å²) in [5, 5.41) is 9.34. The molecule has 0 spiro atoms. The lowest BCUT2D eigenvalue weighted by molar-refractivity contribution is -0.142. The van der Waals surface area contributed by atoms with Gasteiger partial charge in [-0.25, -0.2) is 0 Å². The molecule has 1 aromatic carbocycles. The fourth-order valence-electron chi connectivity index (χ4n) is 3.33. The first-order valence-electron chi connectivity index (χ1n) is 6.88. The number of carboxylic acid groups (broad SMARTS) is 1. The maximum Gasteiger partial charge on any atom is 0.304 e. The predicted molar refractivity (Wildman–Crippen MR) is 76.2 cm³/mol. The molecule has 4 nitrogen and oxygen atoms in total. The summed E-state index contributed by atoms with van der Waals surface area (Å²) in [6, 6.07) is 7.70. The van der Waals surface area contributed by atoms with Crippen molar-refractivity contribution in [2.45, 2.75) is 44.1 Å². The van der Waals surface area contributed by atoms with Crippen molar-refractivity contribution < 1.29 is 19.4 Å². The fourth-order valence-corrected chi connectivity index (χ4v) is 3.33. The lowest BCUT2D eigenvalue weighted by Crippen LogP contribution is -2.45. The van der Waals surface area contributed by atoms with E-state index in [1.165, 1.54) is 0 Å². The average Bonchev–Trinajstić information content (AvgIpc) is 2.36. The van der Waals surface area contributed by atoms with Crippen LogP contribution in [0.15, 0.2) is 24.3 Å². The Morgan fingerprint density at radius 2 is 2.10 bits per heavy atom. The number of para-hydroxylation sites is 1. The number of carboxylic acids is 1. The number of rotatable bonds is 4. The highest BCUT2D eigenvalue weighted by Crippen LogP contribution is 2.46. The Balaban J connectivity index is 2.49. The second kappa shape index (κ2) is 5.44. The molecule has 110 valence electrons. The van der Waals surface area contributed by atoms with Crippen LogP contribution in [-0.4, -0.2) is 30.4 Å². The molecule has 4 heteroatoms. The van der Waals surface area contributed by atoms with Crippen molar-refractivity contribution in [2.24, 2.45) is 0 Å². The highest BCUT2D eigenvalue weighted by Gasteiger charge is 2.44. The molecule has 1 heterocycles. The molecule has 0 radical (unpaired) electrons. The van der Waals surface area contributed by atoms with Gasteiger partial charge in [0.15, 0.2) is 0 Å². The lowest BCUT2D eigenvalue weighted by Gasteiger charge is -2.45. The van der Waals surface area contributed by atoms with E-state index >= 15 is 0 Å². The van der Waals surface area contributed by atoms with Crippen LogP contribution < -0.4 is 4.74 Å². The minimum atomic E-state index is -0.784. The number of aliphatic carboxylic acids is 1. The van der Waals surface area contributed by atoms with Gasteiger partial charge in [-0.05, 0) is 32.8 Å². The number of carbonyl (C=O) groups is 1. The van der Waals surface area contributed by atoms with E-state index in [0.717, 1.165) is 11.3 Å². The normalized spacial score (nSPS) is 25.1. The summed E-state index contributed by atoms with van der Waals surface area (Å²) in [5.74, 6) is -0.0277. The van der Waals surface area contributed by atoms with Crippen molar-refractivity contribution in [3.05, 3.63) is 29.8 Å². The molecule has 1 aromatic rings. The Morgan fingerprint density at radius 1 is 1.40 bits per heavy atom. The Labute approximate surface area is 119 Å². The van der Waals surface area contributed by atoms with Gasteiger partial charge in [0, 0.05) is 17.6 Å². The van der Waals surface area contributed by atoms with Crippen molar-refractivity contribution in [3.8, 4) is 5.75 Å². The molecule has 0 aliphatic carbocycles. The van der Waals surface area contributed by atoms with E-state index in [1.54, 1.807) is 7.11 Å². The van der Waals surface area contributed by atoms with Crippen molar-refractivity contribution >= 4 is 5.97 Å². The van der Waals surface area contributed by atoms with Crippen molar-refractivity contribution in [1.29, 1.82) is 0 Å². The van der Waals surface area contributed by atoms with Gasteiger partial charge in [0.05, 0.1) is 19.1 Å². The Bertz CT molecular complexity index is 495. The largest absolute Gasteiger partial charge is 0.496 e. The van der Waals surface area contributed by atoms with Crippen molar-refractivity contribution in [1.82, 2.24) is 0 Å². The van der Waals surface area contributed by atoms with Crippen molar-refractivity contribution in [3.63, 3.8) is 0 Å². The van der Waals surface area contributed by atoms with Gasteiger partial charge < -0.3 is 14.6 Å². The first-order chi connectivity index (χ1) is 9.38. The van der Waals surface area contributed by atoms with Gasteiger partial charge in [0.1, 0.15) is 5.75 Å². The highest BCUT2D eigenvalue weighted by molar-refractivity contribution is 5.69. The zero-order valence-electron chi connectivity index (χ0n) is 12.3. The molecule has 20 heavy (non-hydrogen) atoms. The molecule has 0 saturated carbocycles. The van der Waals surface area contributed by atoms with Gasteiger partial charge >= 0.3 is 5.97 Å². The van der Waals surface area contributed by atoms with Gasteiger partial charge in [-0.1, -0.05) is 18.2 Å². The fraction of sp³-hybridized carbons (Fsp3) is 0.562. The van der Waals surface area contributed by atoms with Crippen LogP contribution in [0, 0.1) is 0 Å². The molecule has 0 bridgehead atoms. The van der Waals surface area contributed by atoms with E-state index in [0.29, 0.717) is 19.4 Å². The molecule has 2 rings (SSSR count). The standard InChI is InChI=1S/C16H22O4/c1-15(2)11-16(8-9-20-15,10-14(17)18)12-6-4-5-7-13(12)19-3/h4-7H,8-11H2,1-3H3,(H,17,18)/t16-/m1/s1. The van der Waals surface area contributed by atoms with Gasteiger partial charge in [-0.15, -0.1) is 0 Å². The van der Waals surface area contributed by atoms with Gasteiger partial charge in [0.25, 0.3) is 0 Å². The predicted octanol–water partition coefficient (Wildman–Crippen LogP) is 3.00. The Morgan fingerprint density at radius 3 is 2.70 bits per heavy atom. The van der Waals surface area contributed by atoms with Gasteiger partial charge in [0.2, 0.25) is 0 Å². The van der Waals surface area contributed by atoms with Crippen LogP contribution in [0.5, 0.6) is 5.75 Å². The summed E-state index contributed by atoms with van der Waals surface area (Å²) in [7, 11) is 1.62. The van der Waals surface area contributed by atoms with Crippen LogP contribution in [0.2, 0.25) is 0 Å². The number of benzene rings is 1. The summed E-state index contributed by atoms with van der Waals surface area (Å²) in [5.41, 5.74) is 0.218. The third-order valence-electron chi connectivity index (χ3n) is 4.01. The zero-order valence-corrected chi connectivity index (χ0v) is 12.3. The molecule has 1 saturated heterocycles. The van der Waals surface area contributed by atoms with Crippen molar-refractivity contribution in [2.75, 3.05) is 13.7 Å². The molecule has 0 unspecified atom stereocenters. The lowest BCUT2D eigenvalue weighted by atomic mass is 9.67. The summed E-state index contributed by atoms with van der Waals surface area (Å²) < 4.78 is 11.2. The van der Waals surface area contributed by atoms with E-state index in [9.17, 15) is 9.90 Å². The minimum absolute atomic E-state index is 0.0974. The van der Waals surface area contributed by atoms with E-state index in [2.05, 4.69) is 0 Å². The minimum Gasteiger partial charge on any atom is -0.496 e. The third-order valence-corrected chi connectivity index (χ3v) is 4.01. The first kappa shape index (κ1) is 14.9. The summed E-state index contributed by atoms with van der Waals surface area (Å²) in [4.78, 5) is 11.4. The molecule has 1 aliphatic rings. The van der Waals surface area contributed by atoms with Gasteiger partial charge in [-0.2, -0.15) is 0 Å². The topological polar surface area (TPSA) is 55.8 Å². The summed E-state index contributed by atoms with van der Waals surface area (Å²) in [6.45, 7) is 4.59. The Hall–Kier alpha value is -1.55. The molecule has 0 amide bonds. The number of hydrogen-bond donors (Lipinski definition) is 1. The number of ether oxygens (including phenoxy) is 2. The van der Waals surface area contributed by atoms with Crippen LogP contribution in [0.3, 0.4) is 0 Å². The number of hydrogen-bond acceptors (Lipinski definition) is 3. The van der Waals surface area contributed by atoms with Crippen LogP contribution in [0.4, 0.5) is 0 Å². The van der Waals surface area contributed by atoms with Crippen LogP contribution in [0.1, 0.15) is 38.7 Å². The zero-order chi connectivity index (χ0) is 14.8. The number of methoxy groups -OCH3 is 1. The van der Waals surface area contributed by atoms with Crippen LogP contribution in [0.25, 0.3) is 0 Å². The molecule has 0 aromatic heterocycles. The van der Waals surface area contributed by atoms with E-state index in [1.807, 2.05) is 38.1 Å². The van der Waals surface area contributed by atoms with Crippen LogP contribution >= 0.6 is 0 Å². The van der Waals surface area contributed by atoms with Gasteiger partial charge in [-0.3, -0.25) is 4.79 Å². The second-order valence-corrected chi connectivity index (χ2v) is 6.09. The highest BCUT2D eigenvalue weighted by atomic mass is 16.5. The summed E-state index contributed by atoms with van der Waals surface area (Å²) >= 11 is 0. The summed E-state index contributed by atoms with van der Waals surface area (Å²) in [6.07, 6.45) is 1.47. The monoisotopic (exact) mass is 278 g/mol. The molecular weight excluding hydrogens is 256 g/mol. The molecule has 1 aliphatic heterocycles. The maximum absolute atomic E-state index is 11.4. The first-order valence-corrected chi connectivity index (χ1v) is 6.88. The molecule has 1 N–H and O–H groups in total. The second-order valence-electron chi connectivity index (χ2n) is 6.09. The molecule has 1 atom stereocenters. The van der Waals surface area contributed by atoms with E-state index < -0.39 is 11.4 Å². The smallest absolute Gasteiger partial charge is 0.304 e. The SMILES string of the molecule is COc1ccccc1[C@@]1(CC(=O)O)CCOC(C)(C)C1. The van der Waals surface area contributed by atoms with E-state index in [4.69, 9.17) is 9.47 Å².